The van der Waals surface area contributed by atoms with Crippen molar-refractivity contribution < 1.29 is 14.3 Å². The van der Waals surface area contributed by atoms with Crippen molar-refractivity contribution in [2.75, 3.05) is 31.6 Å². The summed E-state index contributed by atoms with van der Waals surface area (Å²) >= 11 is 0. The largest absolute Gasteiger partial charge is 0.387 e. The molecule has 2 unspecified atom stereocenters. The number of carbonyl (C=O) groups excluding carboxylic acids is 1. The first-order chi connectivity index (χ1) is 11.6. The van der Waals surface area contributed by atoms with E-state index in [2.05, 4.69) is 15.0 Å². The molecule has 8 heteroatoms. The van der Waals surface area contributed by atoms with Crippen LogP contribution in [0.3, 0.4) is 0 Å². The monoisotopic (exact) mass is 333 g/mol. The summed E-state index contributed by atoms with van der Waals surface area (Å²) in [5.41, 5.74) is 0.502. The standard InChI is InChI=1S/C16H20FN5O2/c1-21(16-14-12(17)4-18-15(14)19-8-20-16)11-2-9-5-22(13(24)7-23)6-10(9)3-11/h4,8-11,23H,2-3,5-7H2,1H3,(H,18,19,20). The number of aromatic nitrogens is 3. The van der Waals surface area contributed by atoms with E-state index in [9.17, 15) is 9.18 Å². The zero-order valence-electron chi connectivity index (χ0n) is 13.4. The van der Waals surface area contributed by atoms with E-state index in [1.165, 1.54) is 12.5 Å². The SMILES string of the molecule is CN(c1ncnc2[nH]cc(F)c12)C1CC2CN(C(=O)CO)CC2C1. The average Bonchev–Trinajstić information content (AvgIpc) is 3.26. The van der Waals surface area contributed by atoms with Gasteiger partial charge in [0.15, 0.2) is 5.82 Å². The molecule has 128 valence electrons. The fourth-order valence-electron chi connectivity index (χ4n) is 4.24. The molecular weight excluding hydrogens is 313 g/mol. The molecule has 4 rings (SSSR count). The Balaban J connectivity index is 1.52. The molecule has 2 aromatic heterocycles. The van der Waals surface area contributed by atoms with Gasteiger partial charge in [-0.3, -0.25) is 4.79 Å². The minimum atomic E-state index is -0.422. The number of hydrogen-bond donors (Lipinski definition) is 2. The fourth-order valence-corrected chi connectivity index (χ4v) is 4.24. The topological polar surface area (TPSA) is 85.4 Å². The number of rotatable bonds is 3. The highest BCUT2D eigenvalue weighted by molar-refractivity contribution is 5.88. The number of likely N-dealkylation sites (tertiary alicyclic amines) is 1. The molecule has 2 fully saturated rings. The number of H-pyrrole nitrogens is 1. The van der Waals surface area contributed by atoms with E-state index in [-0.39, 0.29) is 17.8 Å². The molecule has 1 aliphatic heterocycles. The van der Waals surface area contributed by atoms with E-state index in [4.69, 9.17) is 5.11 Å². The molecule has 1 amide bonds. The van der Waals surface area contributed by atoms with Gasteiger partial charge < -0.3 is 19.9 Å². The van der Waals surface area contributed by atoms with Crippen molar-refractivity contribution in [1.29, 1.82) is 0 Å². The molecule has 1 saturated carbocycles. The van der Waals surface area contributed by atoms with Crippen LogP contribution in [-0.4, -0.2) is 63.7 Å². The predicted molar refractivity (Wildman–Crippen MR) is 85.9 cm³/mol. The number of nitrogens with zero attached hydrogens (tertiary/aromatic N) is 4. The van der Waals surface area contributed by atoms with E-state index in [0.29, 0.717) is 41.8 Å². The fraction of sp³-hybridized carbons (Fsp3) is 0.562. The van der Waals surface area contributed by atoms with Crippen molar-refractivity contribution >= 4 is 22.8 Å². The van der Waals surface area contributed by atoms with Crippen molar-refractivity contribution in [1.82, 2.24) is 19.9 Å². The normalized spacial score (nSPS) is 26.1. The average molecular weight is 333 g/mol. The second kappa shape index (κ2) is 5.70. The minimum Gasteiger partial charge on any atom is -0.387 e. The summed E-state index contributed by atoms with van der Waals surface area (Å²) in [6, 6.07) is 0.263. The highest BCUT2D eigenvalue weighted by atomic mass is 19.1. The van der Waals surface area contributed by atoms with Crippen LogP contribution >= 0.6 is 0 Å². The zero-order valence-corrected chi connectivity index (χ0v) is 13.4. The molecule has 1 saturated heterocycles. The maximum atomic E-state index is 14.1. The Labute approximate surface area is 138 Å². The molecular formula is C16H20FN5O2. The summed E-state index contributed by atoms with van der Waals surface area (Å²) in [5, 5.41) is 9.43. The van der Waals surface area contributed by atoms with E-state index >= 15 is 0 Å². The highest BCUT2D eigenvalue weighted by Gasteiger charge is 2.43. The number of amides is 1. The summed E-state index contributed by atoms with van der Waals surface area (Å²) in [5.74, 6) is 0.932. The minimum absolute atomic E-state index is 0.193. The van der Waals surface area contributed by atoms with Crippen LogP contribution in [0.4, 0.5) is 10.2 Å². The Bertz CT molecular complexity index is 765. The number of halogens is 1. The highest BCUT2D eigenvalue weighted by Crippen LogP contribution is 2.41. The smallest absolute Gasteiger partial charge is 0.248 e. The lowest BCUT2D eigenvalue weighted by Gasteiger charge is -2.27. The summed E-state index contributed by atoms with van der Waals surface area (Å²) in [4.78, 5) is 26.6. The van der Waals surface area contributed by atoms with Crippen LogP contribution in [0.5, 0.6) is 0 Å². The first-order valence-electron chi connectivity index (χ1n) is 8.17. The molecule has 0 bridgehead atoms. The van der Waals surface area contributed by atoms with Gasteiger partial charge in [0.05, 0.1) is 5.39 Å². The second-order valence-corrected chi connectivity index (χ2v) is 6.77. The number of nitrogens with one attached hydrogen (secondary N) is 1. The van der Waals surface area contributed by atoms with Gasteiger partial charge in [0.25, 0.3) is 0 Å². The lowest BCUT2D eigenvalue weighted by atomic mass is 10.0. The molecule has 24 heavy (non-hydrogen) atoms. The lowest BCUT2D eigenvalue weighted by Crippen LogP contribution is -2.35. The Kier molecular flexibility index (Phi) is 3.64. The molecule has 0 spiro atoms. The Morgan fingerprint density at radius 2 is 2.12 bits per heavy atom. The summed E-state index contributed by atoms with van der Waals surface area (Å²) in [7, 11) is 1.94. The van der Waals surface area contributed by atoms with Crippen molar-refractivity contribution in [3.8, 4) is 0 Å². The van der Waals surface area contributed by atoms with Crippen LogP contribution in [0.15, 0.2) is 12.5 Å². The maximum absolute atomic E-state index is 14.1. The number of aliphatic hydroxyl groups is 1. The van der Waals surface area contributed by atoms with Crippen molar-refractivity contribution in [2.45, 2.75) is 18.9 Å². The first-order valence-corrected chi connectivity index (χ1v) is 8.17. The molecule has 2 N–H and O–H groups in total. The quantitative estimate of drug-likeness (QED) is 0.866. The summed E-state index contributed by atoms with van der Waals surface area (Å²) in [6.45, 7) is 0.979. The van der Waals surface area contributed by atoms with Crippen LogP contribution in [0, 0.1) is 17.7 Å². The summed E-state index contributed by atoms with van der Waals surface area (Å²) < 4.78 is 14.1. The van der Waals surface area contributed by atoms with Gasteiger partial charge in [-0.15, -0.1) is 0 Å². The molecule has 2 aliphatic rings. The van der Waals surface area contributed by atoms with Gasteiger partial charge in [0.1, 0.15) is 24.4 Å². The molecule has 2 aromatic rings. The van der Waals surface area contributed by atoms with Gasteiger partial charge in [0.2, 0.25) is 5.91 Å². The maximum Gasteiger partial charge on any atom is 0.248 e. The second-order valence-electron chi connectivity index (χ2n) is 6.77. The molecule has 3 heterocycles. The molecule has 1 aliphatic carbocycles. The van der Waals surface area contributed by atoms with E-state index in [1.54, 1.807) is 4.90 Å². The Hall–Kier alpha value is -2.22. The van der Waals surface area contributed by atoms with Gasteiger partial charge >= 0.3 is 0 Å². The predicted octanol–water partition coefficient (Wildman–Crippen LogP) is 0.762. The third kappa shape index (κ3) is 2.32. The number of anilines is 1. The van der Waals surface area contributed by atoms with Gasteiger partial charge in [-0.05, 0) is 24.7 Å². The number of fused-ring (bicyclic) bond motifs is 2. The van der Waals surface area contributed by atoms with Crippen LogP contribution < -0.4 is 4.90 Å². The molecule has 7 nitrogen and oxygen atoms in total. The van der Waals surface area contributed by atoms with Gasteiger partial charge in [-0.1, -0.05) is 0 Å². The molecule has 0 aromatic carbocycles. The van der Waals surface area contributed by atoms with Crippen molar-refractivity contribution in [2.24, 2.45) is 11.8 Å². The Morgan fingerprint density at radius 3 is 2.79 bits per heavy atom. The van der Waals surface area contributed by atoms with E-state index in [1.807, 2.05) is 11.9 Å². The van der Waals surface area contributed by atoms with Crippen LogP contribution in [-0.2, 0) is 4.79 Å². The number of aliphatic hydroxyl groups excluding tert-OH is 1. The molecule has 0 radical (unpaired) electrons. The lowest BCUT2D eigenvalue weighted by molar-refractivity contribution is -0.133. The first kappa shape index (κ1) is 15.3. The van der Waals surface area contributed by atoms with E-state index in [0.717, 1.165) is 12.8 Å². The van der Waals surface area contributed by atoms with Crippen molar-refractivity contribution in [3.05, 3.63) is 18.3 Å². The van der Waals surface area contributed by atoms with Crippen LogP contribution in [0.25, 0.3) is 11.0 Å². The number of aromatic amines is 1. The van der Waals surface area contributed by atoms with Gasteiger partial charge in [-0.2, -0.15) is 0 Å². The van der Waals surface area contributed by atoms with Crippen molar-refractivity contribution in [3.63, 3.8) is 0 Å². The number of hydrogen-bond acceptors (Lipinski definition) is 5. The van der Waals surface area contributed by atoms with Gasteiger partial charge in [-0.25, -0.2) is 14.4 Å². The Morgan fingerprint density at radius 1 is 1.42 bits per heavy atom. The molecule has 2 atom stereocenters. The third-order valence-corrected chi connectivity index (χ3v) is 5.50. The van der Waals surface area contributed by atoms with Gasteiger partial charge in [0, 0.05) is 32.4 Å². The number of carbonyl (C=O) groups is 1. The van der Waals surface area contributed by atoms with Crippen LogP contribution in [0.2, 0.25) is 0 Å². The van der Waals surface area contributed by atoms with E-state index < -0.39 is 6.61 Å². The van der Waals surface area contributed by atoms with Crippen LogP contribution in [0.1, 0.15) is 12.8 Å². The third-order valence-electron chi connectivity index (χ3n) is 5.50. The summed E-state index contributed by atoms with van der Waals surface area (Å²) in [6.07, 6.45) is 4.63. The zero-order chi connectivity index (χ0) is 16.8.